The molecule has 1 N–H and O–H groups in total. The molecule has 0 heterocycles. The Morgan fingerprint density at radius 1 is 1.05 bits per heavy atom. The zero-order valence-corrected chi connectivity index (χ0v) is 11.1. The molecule has 0 saturated carbocycles. The van der Waals surface area contributed by atoms with Crippen molar-refractivity contribution in [3.05, 3.63) is 59.2 Å². The third-order valence-corrected chi connectivity index (χ3v) is 3.12. The minimum Gasteiger partial charge on any atom is -0.313 e. The molecule has 0 atom stereocenters. The molecular weight excluding hydrogens is 244 g/mol. The number of hydrogen-bond donors (Lipinski definition) is 1. The van der Waals surface area contributed by atoms with Crippen molar-refractivity contribution >= 4 is 0 Å². The highest BCUT2D eigenvalue weighted by Crippen LogP contribution is 2.26. The Hall–Kier alpha value is -1.74. The zero-order chi connectivity index (χ0) is 13.8. The van der Waals surface area contributed by atoms with Gasteiger partial charge in [0.2, 0.25) is 0 Å². The van der Waals surface area contributed by atoms with Crippen molar-refractivity contribution in [2.24, 2.45) is 0 Å². The van der Waals surface area contributed by atoms with E-state index in [-0.39, 0.29) is 11.6 Å². The normalized spacial score (nSPS) is 10.7. The fourth-order valence-corrected chi connectivity index (χ4v) is 2.04. The molecule has 100 valence electrons. The van der Waals surface area contributed by atoms with Gasteiger partial charge < -0.3 is 5.32 Å². The summed E-state index contributed by atoms with van der Waals surface area (Å²) in [6, 6.07) is 9.55. The van der Waals surface area contributed by atoms with Crippen LogP contribution in [0.5, 0.6) is 0 Å². The molecule has 0 saturated heterocycles. The fourth-order valence-electron chi connectivity index (χ4n) is 2.04. The first-order chi connectivity index (χ1) is 9.11. The Labute approximate surface area is 112 Å². The third-order valence-electron chi connectivity index (χ3n) is 3.12. The van der Waals surface area contributed by atoms with Crippen LogP contribution < -0.4 is 5.32 Å². The van der Waals surface area contributed by atoms with Gasteiger partial charge in [0.25, 0.3) is 0 Å². The second-order valence-corrected chi connectivity index (χ2v) is 4.55. The van der Waals surface area contributed by atoms with Crippen molar-refractivity contribution in [3.63, 3.8) is 0 Å². The monoisotopic (exact) mass is 261 g/mol. The number of aryl methyl sites for hydroxylation is 1. The number of nitrogens with one attached hydrogen (secondary N) is 1. The van der Waals surface area contributed by atoms with Gasteiger partial charge in [-0.05, 0) is 54.4 Å². The van der Waals surface area contributed by atoms with Crippen LogP contribution in [0.2, 0.25) is 0 Å². The van der Waals surface area contributed by atoms with Crippen LogP contribution in [0.15, 0.2) is 36.4 Å². The topological polar surface area (TPSA) is 12.0 Å². The maximum Gasteiger partial charge on any atom is 0.127 e. The quantitative estimate of drug-likeness (QED) is 0.875. The van der Waals surface area contributed by atoms with E-state index in [2.05, 4.69) is 5.32 Å². The molecular formula is C16H17F2N. The van der Waals surface area contributed by atoms with Gasteiger partial charge in [-0.3, -0.25) is 0 Å². The Balaban J connectivity index is 2.42. The molecule has 0 spiro atoms. The predicted octanol–water partition coefficient (Wildman–Crippen LogP) is 4.05. The van der Waals surface area contributed by atoms with Gasteiger partial charge in [-0.1, -0.05) is 19.1 Å². The maximum absolute atomic E-state index is 13.7. The van der Waals surface area contributed by atoms with Crippen LogP contribution in [0.25, 0.3) is 11.1 Å². The molecule has 0 bridgehead atoms. The molecule has 2 aromatic carbocycles. The lowest BCUT2D eigenvalue weighted by Crippen LogP contribution is -2.13. The van der Waals surface area contributed by atoms with E-state index in [1.165, 1.54) is 18.2 Å². The summed E-state index contributed by atoms with van der Waals surface area (Å²) in [4.78, 5) is 0. The summed E-state index contributed by atoms with van der Waals surface area (Å²) < 4.78 is 27.0. The molecule has 2 rings (SSSR count). The highest BCUT2D eigenvalue weighted by atomic mass is 19.1. The van der Waals surface area contributed by atoms with E-state index in [0.29, 0.717) is 12.1 Å². The summed E-state index contributed by atoms with van der Waals surface area (Å²) in [7, 11) is 0. The van der Waals surface area contributed by atoms with Crippen LogP contribution in [0.3, 0.4) is 0 Å². The van der Waals surface area contributed by atoms with Gasteiger partial charge in [-0.15, -0.1) is 0 Å². The Morgan fingerprint density at radius 2 is 1.84 bits per heavy atom. The Kier molecular flexibility index (Phi) is 4.27. The second-order valence-electron chi connectivity index (χ2n) is 4.55. The smallest absolute Gasteiger partial charge is 0.127 e. The molecule has 0 aliphatic heterocycles. The lowest BCUT2D eigenvalue weighted by atomic mass is 9.98. The van der Waals surface area contributed by atoms with E-state index in [0.717, 1.165) is 23.2 Å². The van der Waals surface area contributed by atoms with Crippen molar-refractivity contribution < 1.29 is 8.78 Å². The minimum absolute atomic E-state index is 0.237. The van der Waals surface area contributed by atoms with E-state index in [1.807, 2.05) is 13.8 Å². The number of halogens is 2. The van der Waals surface area contributed by atoms with Crippen molar-refractivity contribution in [2.45, 2.75) is 20.4 Å². The van der Waals surface area contributed by atoms with Crippen LogP contribution in [0, 0.1) is 18.6 Å². The van der Waals surface area contributed by atoms with Gasteiger partial charge in [0.1, 0.15) is 11.6 Å². The van der Waals surface area contributed by atoms with Crippen molar-refractivity contribution in [2.75, 3.05) is 6.54 Å². The molecule has 2 aromatic rings. The van der Waals surface area contributed by atoms with E-state index >= 15 is 0 Å². The summed E-state index contributed by atoms with van der Waals surface area (Å²) in [5.74, 6) is -0.517. The van der Waals surface area contributed by atoms with Crippen molar-refractivity contribution in [3.8, 4) is 11.1 Å². The fraction of sp³-hybridized carbons (Fsp3) is 0.250. The van der Waals surface area contributed by atoms with Crippen LogP contribution in [-0.2, 0) is 6.54 Å². The van der Waals surface area contributed by atoms with Crippen molar-refractivity contribution in [1.29, 1.82) is 0 Å². The van der Waals surface area contributed by atoms with E-state index < -0.39 is 0 Å². The predicted molar refractivity (Wildman–Crippen MR) is 73.9 cm³/mol. The molecule has 0 unspecified atom stereocenters. The van der Waals surface area contributed by atoms with Gasteiger partial charge in [0, 0.05) is 12.1 Å². The second kappa shape index (κ2) is 5.93. The van der Waals surface area contributed by atoms with Crippen LogP contribution in [0.1, 0.15) is 18.1 Å². The molecule has 1 nitrogen and oxygen atoms in total. The maximum atomic E-state index is 13.7. The largest absolute Gasteiger partial charge is 0.313 e. The van der Waals surface area contributed by atoms with Crippen LogP contribution in [-0.4, -0.2) is 6.54 Å². The standard InChI is InChI=1S/C16H17F2N/c1-3-19-10-13-8-12(5-7-16(13)18)15-9-14(17)6-4-11(15)2/h4-9,19H,3,10H2,1-2H3. The minimum atomic E-state index is -0.279. The molecule has 19 heavy (non-hydrogen) atoms. The van der Waals surface area contributed by atoms with E-state index in [9.17, 15) is 8.78 Å². The molecule has 3 heteroatoms. The SMILES string of the molecule is CCNCc1cc(-c2cc(F)ccc2C)ccc1F. The average molecular weight is 261 g/mol. The van der Waals surface area contributed by atoms with Crippen LogP contribution in [0.4, 0.5) is 8.78 Å². The van der Waals surface area contributed by atoms with E-state index in [4.69, 9.17) is 0 Å². The first-order valence-electron chi connectivity index (χ1n) is 6.37. The van der Waals surface area contributed by atoms with Crippen molar-refractivity contribution in [1.82, 2.24) is 5.32 Å². The van der Waals surface area contributed by atoms with Gasteiger partial charge in [-0.25, -0.2) is 8.78 Å². The lowest BCUT2D eigenvalue weighted by molar-refractivity contribution is 0.593. The highest BCUT2D eigenvalue weighted by Gasteiger charge is 2.07. The Bertz CT molecular complexity index is 579. The summed E-state index contributed by atoms with van der Waals surface area (Å²) >= 11 is 0. The number of benzene rings is 2. The van der Waals surface area contributed by atoms with Gasteiger partial charge in [0.15, 0.2) is 0 Å². The molecule has 0 amide bonds. The zero-order valence-electron chi connectivity index (χ0n) is 11.1. The first kappa shape index (κ1) is 13.7. The number of hydrogen-bond acceptors (Lipinski definition) is 1. The molecule has 0 aromatic heterocycles. The number of rotatable bonds is 4. The van der Waals surface area contributed by atoms with Gasteiger partial charge in [-0.2, -0.15) is 0 Å². The average Bonchev–Trinajstić information content (AvgIpc) is 2.41. The van der Waals surface area contributed by atoms with E-state index in [1.54, 1.807) is 18.2 Å². The highest BCUT2D eigenvalue weighted by molar-refractivity contribution is 5.67. The summed E-state index contributed by atoms with van der Waals surface area (Å²) in [6.07, 6.45) is 0. The van der Waals surface area contributed by atoms with Gasteiger partial charge in [0.05, 0.1) is 0 Å². The third kappa shape index (κ3) is 3.18. The molecule has 0 fully saturated rings. The molecule has 0 aliphatic carbocycles. The first-order valence-corrected chi connectivity index (χ1v) is 6.37. The van der Waals surface area contributed by atoms with Gasteiger partial charge >= 0.3 is 0 Å². The Morgan fingerprint density at radius 3 is 2.58 bits per heavy atom. The summed E-state index contributed by atoms with van der Waals surface area (Å²) in [5.41, 5.74) is 3.22. The summed E-state index contributed by atoms with van der Waals surface area (Å²) in [6.45, 7) is 5.15. The lowest BCUT2D eigenvalue weighted by Gasteiger charge is -2.10. The molecule has 0 aliphatic rings. The van der Waals surface area contributed by atoms with Crippen LogP contribution >= 0.6 is 0 Å². The summed E-state index contributed by atoms with van der Waals surface area (Å²) in [5, 5.41) is 3.10. The molecule has 0 radical (unpaired) electrons.